The number of amides is 1. The summed E-state index contributed by atoms with van der Waals surface area (Å²) in [6, 6.07) is 0. The summed E-state index contributed by atoms with van der Waals surface area (Å²) in [4.78, 5) is 14.4. The summed E-state index contributed by atoms with van der Waals surface area (Å²) in [6.07, 6.45) is -0.853. The molecule has 0 aromatic heterocycles. The van der Waals surface area contributed by atoms with E-state index >= 15 is 0 Å². The number of rotatable bonds is 1. The van der Waals surface area contributed by atoms with Crippen LogP contribution in [0.1, 0.15) is 0 Å². The van der Waals surface area contributed by atoms with Crippen LogP contribution in [0.5, 0.6) is 0 Å². The predicted octanol–water partition coefficient (Wildman–Crippen LogP) is 0.785. The minimum atomic E-state index is -0.853. The third-order valence-corrected chi connectivity index (χ3v) is 1.46. The average Bonchev–Trinajstić information content (AvgIpc) is 1.63. The Hall–Kier alpha value is -0.100. The van der Waals surface area contributed by atoms with E-state index in [0.29, 0.717) is 3.53 Å². The van der Waals surface area contributed by atoms with Gasteiger partial charge in [-0.15, -0.1) is 0 Å². The van der Waals surface area contributed by atoms with Gasteiger partial charge in [-0.2, -0.15) is 4.84 Å². The molecule has 4 nitrogen and oxygen atoms in total. The number of carbonyl (C=O) groups is 1. The first-order valence-corrected chi connectivity index (χ1v) is 3.51. The molecule has 0 spiro atoms. The molecular weight excluding hydrogens is 256 g/mol. The van der Waals surface area contributed by atoms with E-state index in [1.54, 1.807) is 0 Å². The van der Waals surface area contributed by atoms with Crippen molar-refractivity contribution in [3.8, 4) is 0 Å². The Morgan fingerprint density at radius 3 is 2.22 bits per heavy atom. The standard InChI is InChI=1S/C3H4Br2N2O2/c1-7(2(4)5)9-3(6)8/h1H3,(H-,6,8)/p+1. The van der Waals surface area contributed by atoms with Crippen LogP contribution in [-0.2, 0) is 4.84 Å². The summed E-state index contributed by atoms with van der Waals surface area (Å²) in [6.45, 7) is 0. The number of nitrogens with zero attached hydrogens (tertiary/aromatic N) is 1. The molecule has 0 aromatic rings. The topological polar surface area (TPSA) is 55.3 Å². The first kappa shape index (κ1) is 8.90. The van der Waals surface area contributed by atoms with E-state index in [9.17, 15) is 4.79 Å². The van der Waals surface area contributed by atoms with Gasteiger partial charge >= 0.3 is 9.62 Å². The minimum Gasteiger partial charge on any atom is -0.330 e. The van der Waals surface area contributed by atoms with Gasteiger partial charge in [-0.3, -0.25) is 0 Å². The first-order valence-electron chi connectivity index (χ1n) is 1.93. The van der Waals surface area contributed by atoms with Crippen molar-refractivity contribution in [1.29, 1.82) is 0 Å². The predicted molar refractivity (Wildman–Crippen MR) is 39.7 cm³/mol. The van der Waals surface area contributed by atoms with Gasteiger partial charge in [-0.1, -0.05) is 0 Å². The smallest absolute Gasteiger partial charge is 0.330 e. The van der Waals surface area contributed by atoms with Crippen LogP contribution in [-0.4, -0.2) is 21.4 Å². The average molecular weight is 261 g/mol. The van der Waals surface area contributed by atoms with E-state index in [2.05, 4.69) is 42.4 Å². The molecule has 0 aromatic carbocycles. The van der Waals surface area contributed by atoms with E-state index < -0.39 is 6.09 Å². The fourth-order valence-electron chi connectivity index (χ4n) is 0.169. The van der Waals surface area contributed by atoms with Crippen molar-refractivity contribution in [3.63, 3.8) is 0 Å². The Morgan fingerprint density at radius 2 is 2.11 bits per heavy atom. The van der Waals surface area contributed by atoms with E-state index in [4.69, 9.17) is 0 Å². The van der Waals surface area contributed by atoms with Crippen LogP contribution in [0.25, 0.3) is 0 Å². The van der Waals surface area contributed by atoms with Gasteiger partial charge in [0.15, 0.2) is 7.05 Å². The van der Waals surface area contributed by atoms with Gasteiger partial charge in [0, 0.05) is 36.6 Å². The molecule has 0 bridgehead atoms. The van der Waals surface area contributed by atoms with E-state index in [-0.39, 0.29) is 0 Å². The molecule has 52 valence electrons. The molecule has 9 heavy (non-hydrogen) atoms. The minimum absolute atomic E-state index is 0.494. The van der Waals surface area contributed by atoms with Crippen molar-refractivity contribution >= 4 is 41.5 Å². The second-order valence-corrected chi connectivity index (χ2v) is 3.71. The molecule has 0 atom stereocenters. The lowest BCUT2D eigenvalue weighted by Gasteiger charge is -1.89. The SMILES string of the molecule is C[N+](OC(N)=O)=C(Br)Br. The van der Waals surface area contributed by atoms with Crippen LogP contribution < -0.4 is 5.73 Å². The summed E-state index contributed by atoms with van der Waals surface area (Å²) >= 11 is 5.99. The van der Waals surface area contributed by atoms with Crippen molar-refractivity contribution in [2.45, 2.75) is 0 Å². The summed E-state index contributed by atoms with van der Waals surface area (Å²) in [7, 11) is 1.52. The summed E-state index contributed by atoms with van der Waals surface area (Å²) in [5.41, 5.74) is 4.67. The van der Waals surface area contributed by atoms with Gasteiger partial charge < -0.3 is 5.73 Å². The maximum Gasteiger partial charge on any atom is 0.472 e. The molecule has 0 rings (SSSR count). The monoisotopic (exact) mass is 259 g/mol. The summed E-state index contributed by atoms with van der Waals surface area (Å²) < 4.78 is 1.64. The first-order chi connectivity index (χ1) is 4.04. The lowest BCUT2D eigenvalue weighted by Crippen LogP contribution is -2.21. The van der Waals surface area contributed by atoms with Gasteiger partial charge in [0.2, 0.25) is 0 Å². The second kappa shape index (κ2) is 3.84. The molecule has 0 unspecified atom stereocenters. The zero-order chi connectivity index (χ0) is 7.44. The van der Waals surface area contributed by atoms with Crippen LogP contribution >= 0.6 is 31.9 Å². The summed E-state index contributed by atoms with van der Waals surface area (Å²) in [5, 5.41) is 0. The largest absolute Gasteiger partial charge is 0.472 e. The quantitative estimate of drug-likeness (QED) is 0.328. The third-order valence-electron chi connectivity index (χ3n) is 0.465. The van der Waals surface area contributed by atoms with E-state index in [1.807, 2.05) is 0 Å². The molecule has 0 saturated carbocycles. The molecule has 0 aliphatic carbocycles. The van der Waals surface area contributed by atoms with Gasteiger partial charge in [0.1, 0.15) is 0 Å². The van der Waals surface area contributed by atoms with Crippen LogP contribution in [0.15, 0.2) is 0 Å². The Kier molecular flexibility index (Phi) is 3.79. The normalized spacial score (nSPS) is 8.33. The van der Waals surface area contributed by atoms with Gasteiger partial charge in [0.25, 0.3) is 0 Å². The van der Waals surface area contributed by atoms with E-state index in [1.165, 1.54) is 7.05 Å². The Bertz CT molecular complexity index is 152. The zero-order valence-corrected chi connectivity index (χ0v) is 7.77. The van der Waals surface area contributed by atoms with Crippen molar-refractivity contribution in [1.82, 2.24) is 0 Å². The number of primary amides is 1. The Balaban J connectivity index is 3.92. The van der Waals surface area contributed by atoms with Crippen molar-refractivity contribution in [3.05, 3.63) is 0 Å². The number of hydrogen-bond acceptors (Lipinski definition) is 2. The highest BCUT2D eigenvalue weighted by atomic mass is 79.9. The lowest BCUT2D eigenvalue weighted by atomic mass is 11.3. The maximum atomic E-state index is 10.0. The fourth-order valence-corrected chi connectivity index (χ4v) is 0.314. The van der Waals surface area contributed by atoms with Gasteiger partial charge in [-0.05, 0) is 0 Å². The fraction of sp³-hybridized carbons (Fsp3) is 0.333. The lowest BCUT2D eigenvalue weighted by molar-refractivity contribution is -0.734. The molecule has 6 heteroatoms. The highest BCUT2D eigenvalue weighted by Gasteiger charge is 2.07. The highest BCUT2D eigenvalue weighted by Crippen LogP contribution is 1.96. The third kappa shape index (κ3) is 4.41. The number of nitrogens with two attached hydrogens (primary N) is 1. The number of carbonyl (C=O) groups excluding carboxylic acids is 1. The van der Waals surface area contributed by atoms with Crippen LogP contribution in [0.3, 0.4) is 0 Å². The van der Waals surface area contributed by atoms with Crippen LogP contribution in [0.2, 0.25) is 0 Å². The molecule has 0 saturated heterocycles. The highest BCUT2D eigenvalue weighted by molar-refractivity contribution is 9.39. The van der Waals surface area contributed by atoms with E-state index in [0.717, 1.165) is 4.74 Å². The maximum absolute atomic E-state index is 10.0. The molecule has 0 heterocycles. The molecule has 0 fully saturated rings. The Morgan fingerprint density at radius 1 is 1.67 bits per heavy atom. The number of hydroxylamine groups is 1. The second-order valence-electron chi connectivity index (χ2n) is 1.15. The zero-order valence-electron chi connectivity index (χ0n) is 4.60. The van der Waals surface area contributed by atoms with Crippen molar-refractivity contribution in [2.75, 3.05) is 7.05 Å². The molecule has 0 radical (unpaired) electrons. The molecule has 1 amide bonds. The van der Waals surface area contributed by atoms with Crippen LogP contribution in [0, 0.1) is 0 Å². The van der Waals surface area contributed by atoms with Gasteiger partial charge in [-0.25, -0.2) is 4.79 Å². The van der Waals surface area contributed by atoms with Crippen molar-refractivity contribution in [2.24, 2.45) is 5.73 Å². The Labute approximate surface area is 68.9 Å². The van der Waals surface area contributed by atoms with Gasteiger partial charge in [0.05, 0.1) is 0 Å². The molecule has 2 N–H and O–H groups in total. The number of hydrogen-bond donors (Lipinski definition) is 1. The molecule has 0 aliphatic rings. The molecule has 0 aliphatic heterocycles. The summed E-state index contributed by atoms with van der Waals surface area (Å²) in [5.74, 6) is 0. The van der Waals surface area contributed by atoms with Crippen LogP contribution in [0.4, 0.5) is 4.79 Å². The number of halogens is 2. The molecular formula is C3H5Br2N2O2+. The van der Waals surface area contributed by atoms with Crippen molar-refractivity contribution < 1.29 is 14.4 Å².